The summed E-state index contributed by atoms with van der Waals surface area (Å²) in [6, 6.07) is 0.426. The number of rotatable bonds is 2. The number of aldehydes is 1. The van der Waals surface area contributed by atoms with Crippen LogP contribution in [0, 0.1) is 5.41 Å². The first kappa shape index (κ1) is 10.6. The second-order valence-corrected chi connectivity index (χ2v) is 3.23. The summed E-state index contributed by atoms with van der Waals surface area (Å²) in [6.45, 7) is 5.01. The first-order valence-electron chi connectivity index (χ1n) is 3.81. The van der Waals surface area contributed by atoms with E-state index in [1.54, 1.807) is 0 Å². The molecule has 3 heteroatoms. The van der Waals surface area contributed by atoms with Gasteiger partial charge in [0.15, 0.2) is 0 Å². The summed E-state index contributed by atoms with van der Waals surface area (Å²) in [7, 11) is 1.00. The Kier molecular flexibility index (Phi) is 4.30. The molecule has 2 N–H and O–H groups in total. The maximum atomic E-state index is 10.4. The molecule has 0 aliphatic carbocycles. The zero-order chi connectivity index (χ0) is 8.91. The van der Waals surface area contributed by atoms with Gasteiger partial charge in [-0.15, -0.1) is 0 Å². The minimum atomic E-state index is -0.155. The third kappa shape index (κ3) is 2.60. The Hall–Kier alpha value is -0.410. The minimum absolute atomic E-state index is 0.155. The number of hydrogen-bond donors (Lipinski definition) is 2. The van der Waals surface area contributed by atoms with Gasteiger partial charge in [-0.05, 0) is 13.0 Å². The van der Waals surface area contributed by atoms with Gasteiger partial charge in [-0.1, -0.05) is 13.8 Å². The number of carbonyl (C=O) groups excluding carboxylic acids is 1. The van der Waals surface area contributed by atoms with E-state index in [1.165, 1.54) is 0 Å². The fourth-order valence-electron chi connectivity index (χ4n) is 1.01. The molecule has 0 saturated carbocycles. The van der Waals surface area contributed by atoms with Crippen molar-refractivity contribution >= 4 is 6.29 Å². The van der Waals surface area contributed by atoms with Gasteiger partial charge in [0.25, 0.3) is 0 Å². The highest BCUT2D eigenvalue weighted by molar-refractivity contribution is 5.59. The molecule has 0 amide bonds. The summed E-state index contributed by atoms with van der Waals surface area (Å²) in [5.41, 5.74) is -0.155. The van der Waals surface area contributed by atoms with Gasteiger partial charge in [-0.25, -0.2) is 0 Å². The largest absolute Gasteiger partial charge is 0.400 e. The van der Waals surface area contributed by atoms with Crippen LogP contribution in [-0.2, 0) is 4.79 Å². The number of aliphatic hydroxyl groups excluding tert-OH is 1. The topological polar surface area (TPSA) is 49.3 Å². The molecule has 1 unspecified atom stereocenters. The lowest BCUT2D eigenvalue weighted by Crippen LogP contribution is -2.52. The SMILES string of the molecule is CC(C)(C=O)C1CCN1.CO. The Morgan fingerprint density at radius 1 is 1.55 bits per heavy atom. The Morgan fingerprint density at radius 2 is 2.00 bits per heavy atom. The van der Waals surface area contributed by atoms with Crippen molar-refractivity contribution in [3.8, 4) is 0 Å². The zero-order valence-electron chi connectivity index (χ0n) is 7.42. The zero-order valence-corrected chi connectivity index (χ0v) is 7.42. The predicted molar refractivity (Wildman–Crippen MR) is 44.4 cm³/mol. The molecule has 0 aromatic carbocycles. The Morgan fingerprint density at radius 3 is 2.09 bits per heavy atom. The van der Waals surface area contributed by atoms with Gasteiger partial charge >= 0.3 is 0 Å². The Bertz CT molecular complexity index is 119. The highest BCUT2D eigenvalue weighted by Gasteiger charge is 2.32. The molecular weight excluding hydrogens is 142 g/mol. The van der Waals surface area contributed by atoms with Crippen LogP contribution in [0.5, 0.6) is 0 Å². The molecule has 1 atom stereocenters. The van der Waals surface area contributed by atoms with E-state index in [4.69, 9.17) is 5.11 Å². The van der Waals surface area contributed by atoms with Gasteiger partial charge in [0.1, 0.15) is 6.29 Å². The third-order valence-electron chi connectivity index (χ3n) is 2.03. The summed E-state index contributed by atoms with van der Waals surface area (Å²) >= 11 is 0. The fourth-order valence-corrected chi connectivity index (χ4v) is 1.01. The van der Waals surface area contributed by atoms with Crippen molar-refractivity contribution in [2.75, 3.05) is 13.7 Å². The summed E-state index contributed by atoms with van der Waals surface area (Å²) in [5.74, 6) is 0. The molecule has 0 radical (unpaired) electrons. The van der Waals surface area contributed by atoms with Crippen LogP contribution in [0.3, 0.4) is 0 Å². The van der Waals surface area contributed by atoms with Crippen molar-refractivity contribution in [2.45, 2.75) is 26.3 Å². The quantitative estimate of drug-likeness (QED) is 0.565. The van der Waals surface area contributed by atoms with Crippen LogP contribution in [0.1, 0.15) is 20.3 Å². The van der Waals surface area contributed by atoms with Crippen LogP contribution in [0.15, 0.2) is 0 Å². The van der Waals surface area contributed by atoms with Crippen molar-refractivity contribution < 1.29 is 9.90 Å². The van der Waals surface area contributed by atoms with Crippen molar-refractivity contribution in [3.63, 3.8) is 0 Å². The van der Waals surface area contributed by atoms with Crippen molar-refractivity contribution in [2.24, 2.45) is 5.41 Å². The summed E-state index contributed by atoms with van der Waals surface area (Å²) in [4.78, 5) is 10.4. The van der Waals surface area contributed by atoms with E-state index < -0.39 is 0 Å². The molecule has 0 aromatic heterocycles. The standard InChI is InChI=1S/C7H13NO.CH4O/c1-7(2,5-9)6-3-4-8-6;1-2/h5-6,8H,3-4H2,1-2H3;2H,1H3. The van der Waals surface area contributed by atoms with E-state index in [0.29, 0.717) is 6.04 Å². The van der Waals surface area contributed by atoms with Crippen LogP contribution in [0.25, 0.3) is 0 Å². The van der Waals surface area contributed by atoms with Crippen LogP contribution < -0.4 is 5.32 Å². The smallest absolute Gasteiger partial charge is 0.127 e. The summed E-state index contributed by atoms with van der Waals surface area (Å²) in [6.07, 6.45) is 2.18. The monoisotopic (exact) mass is 159 g/mol. The van der Waals surface area contributed by atoms with E-state index in [9.17, 15) is 4.79 Å². The molecule has 1 heterocycles. The Labute approximate surface area is 67.8 Å². The maximum absolute atomic E-state index is 10.4. The van der Waals surface area contributed by atoms with Crippen LogP contribution in [-0.4, -0.2) is 31.1 Å². The second-order valence-electron chi connectivity index (χ2n) is 3.23. The minimum Gasteiger partial charge on any atom is -0.400 e. The van der Waals surface area contributed by atoms with E-state index >= 15 is 0 Å². The molecule has 1 rings (SSSR count). The van der Waals surface area contributed by atoms with E-state index in [-0.39, 0.29) is 5.41 Å². The maximum Gasteiger partial charge on any atom is 0.127 e. The van der Waals surface area contributed by atoms with Crippen LogP contribution >= 0.6 is 0 Å². The lowest BCUT2D eigenvalue weighted by Gasteiger charge is -2.37. The number of hydrogen-bond acceptors (Lipinski definition) is 3. The molecule has 66 valence electrons. The van der Waals surface area contributed by atoms with Gasteiger partial charge in [0.2, 0.25) is 0 Å². The lowest BCUT2D eigenvalue weighted by atomic mass is 9.80. The molecule has 0 spiro atoms. The number of nitrogens with one attached hydrogen (secondary N) is 1. The van der Waals surface area contributed by atoms with Crippen molar-refractivity contribution in [1.82, 2.24) is 5.32 Å². The molecule has 3 nitrogen and oxygen atoms in total. The summed E-state index contributed by atoms with van der Waals surface area (Å²) < 4.78 is 0. The average Bonchev–Trinajstić information content (AvgIpc) is 1.88. The van der Waals surface area contributed by atoms with Crippen molar-refractivity contribution in [3.05, 3.63) is 0 Å². The van der Waals surface area contributed by atoms with Gasteiger partial charge in [-0.3, -0.25) is 0 Å². The van der Waals surface area contributed by atoms with E-state index in [0.717, 1.165) is 26.4 Å². The predicted octanol–water partition coefficient (Wildman–Crippen LogP) is 0.182. The van der Waals surface area contributed by atoms with E-state index in [1.807, 2.05) is 13.8 Å². The van der Waals surface area contributed by atoms with Gasteiger partial charge < -0.3 is 15.2 Å². The molecule has 1 aliphatic rings. The highest BCUT2D eigenvalue weighted by atomic mass is 16.2. The van der Waals surface area contributed by atoms with Gasteiger partial charge in [-0.2, -0.15) is 0 Å². The molecule has 1 aliphatic heterocycles. The normalized spacial score (nSPS) is 22.7. The fraction of sp³-hybridized carbons (Fsp3) is 0.875. The average molecular weight is 159 g/mol. The van der Waals surface area contributed by atoms with Crippen LogP contribution in [0.4, 0.5) is 0 Å². The van der Waals surface area contributed by atoms with Gasteiger partial charge in [0.05, 0.1) is 0 Å². The molecule has 0 aromatic rings. The molecule has 1 saturated heterocycles. The lowest BCUT2D eigenvalue weighted by molar-refractivity contribution is -0.116. The summed E-state index contributed by atoms with van der Waals surface area (Å²) in [5, 5.41) is 10.2. The first-order valence-corrected chi connectivity index (χ1v) is 3.81. The molecule has 11 heavy (non-hydrogen) atoms. The second kappa shape index (κ2) is 4.46. The first-order chi connectivity index (χ1) is 5.17. The number of aliphatic hydroxyl groups is 1. The van der Waals surface area contributed by atoms with Crippen LogP contribution in [0.2, 0.25) is 0 Å². The third-order valence-corrected chi connectivity index (χ3v) is 2.03. The van der Waals surface area contributed by atoms with Gasteiger partial charge in [0, 0.05) is 18.6 Å². The molecular formula is C8H17NO2. The van der Waals surface area contributed by atoms with E-state index in [2.05, 4.69) is 5.32 Å². The van der Waals surface area contributed by atoms with Crippen molar-refractivity contribution in [1.29, 1.82) is 0 Å². The molecule has 0 bridgehead atoms. The highest BCUT2D eigenvalue weighted by Crippen LogP contribution is 2.23. The molecule has 1 fully saturated rings. The number of carbonyl (C=O) groups is 1. The Balaban J connectivity index is 0.000000461.